The summed E-state index contributed by atoms with van der Waals surface area (Å²) in [4.78, 5) is 10.5. The van der Waals surface area contributed by atoms with Crippen molar-refractivity contribution in [3.63, 3.8) is 0 Å². The SMILES string of the molecule is N#C[C@](F)(C(=O)O)c1ccccc1. The van der Waals surface area contributed by atoms with E-state index in [4.69, 9.17) is 10.4 Å². The highest BCUT2D eigenvalue weighted by Gasteiger charge is 2.40. The molecule has 0 aromatic heterocycles. The highest BCUT2D eigenvalue weighted by Crippen LogP contribution is 2.24. The van der Waals surface area contributed by atoms with Gasteiger partial charge in [0.2, 0.25) is 0 Å². The molecule has 0 radical (unpaired) electrons. The van der Waals surface area contributed by atoms with Crippen molar-refractivity contribution in [3.8, 4) is 6.07 Å². The van der Waals surface area contributed by atoms with Gasteiger partial charge in [-0.1, -0.05) is 30.3 Å². The van der Waals surface area contributed by atoms with E-state index in [9.17, 15) is 9.18 Å². The van der Waals surface area contributed by atoms with Crippen molar-refractivity contribution in [1.82, 2.24) is 0 Å². The average Bonchev–Trinajstić information content (AvgIpc) is 2.17. The van der Waals surface area contributed by atoms with Crippen LogP contribution in [-0.2, 0) is 10.5 Å². The number of nitrogens with zero attached hydrogens (tertiary/aromatic N) is 1. The molecule has 1 N–H and O–H groups in total. The van der Waals surface area contributed by atoms with Crippen molar-refractivity contribution < 1.29 is 14.3 Å². The lowest BCUT2D eigenvalue weighted by Gasteiger charge is -2.11. The summed E-state index contributed by atoms with van der Waals surface area (Å²) in [5, 5.41) is 16.9. The fraction of sp³-hybridized carbons (Fsp3) is 0.111. The Hall–Kier alpha value is -1.89. The number of aliphatic carboxylic acids is 1. The first-order valence-electron chi connectivity index (χ1n) is 3.50. The van der Waals surface area contributed by atoms with Crippen LogP contribution >= 0.6 is 0 Å². The van der Waals surface area contributed by atoms with Gasteiger partial charge in [-0.15, -0.1) is 0 Å². The molecule has 13 heavy (non-hydrogen) atoms. The summed E-state index contributed by atoms with van der Waals surface area (Å²) in [5.74, 6) is -1.79. The van der Waals surface area contributed by atoms with E-state index in [2.05, 4.69) is 0 Å². The Kier molecular flexibility index (Phi) is 2.29. The first kappa shape index (κ1) is 9.20. The maximum Gasteiger partial charge on any atom is 0.361 e. The predicted molar refractivity (Wildman–Crippen MR) is 42.5 cm³/mol. The minimum Gasteiger partial charge on any atom is -0.478 e. The Morgan fingerprint density at radius 1 is 1.46 bits per heavy atom. The molecule has 0 saturated carbocycles. The number of hydrogen-bond donors (Lipinski definition) is 1. The molecule has 0 fully saturated rings. The van der Waals surface area contributed by atoms with Crippen molar-refractivity contribution in [2.45, 2.75) is 5.67 Å². The lowest BCUT2D eigenvalue weighted by molar-refractivity contribution is -0.147. The van der Waals surface area contributed by atoms with Gasteiger partial charge >= 0.3 is 11.6 Å². The number of hydrogen-bond acceptors (Lipinski definition) is 2. The van der Waals surface area contributed by atoms with Crippen molar-refractivity contribution in [2.75, 3.05) is 0 Å². The van der Waals surface area contributed by atoms with E-state index >= 15 is 0 Å². The van der Waals surface area contributed by atoms with Gasteiger partial charge in [-0.05, 0) is 0 Å². The van der Waals surface area contributed by atoms with Crippen molar-refractivity contribution >= 4 is 5.97 Å². The Bertz CT molecular complexity index is 358. The molecule has 3 nitrogen and oxygen atoms in total. The van der Waals surface area contributed by atoms with Gasteiger partial charge in [-0.3, -0.25) is 0 Å². The van der Waals surface area contributed by atoms with E-state index in [1.807, 2.05) is 0 Å². The second-order valence-electron chi connectivity index (χ2n) is 2.44. The average molecular weight is 179 g/mol. The fourth-order valence-corrected chi connectivity index (χ4v) is 0.904. The molecule has 0 saturated heterocycles. The van der Waals surface area contributed by atoms with Crippen LogP contribution in [0.3, 0.4) is 0 Å². The van der Waals surface area contributed by atoms with Gasteiger partial charge in [-0.2, -0.15) is 5.26 Å². The lowest BCUT2D eigenvalue weighted by atomic mass is 9.98. The quantitative estimate of drug-likeness (QED) is 0.747. The molecule has 0 spiro atoms. The molecule has 0 heterocycles. The van der Waals surface area contributed by atoms with E-state index in [0.717, 1.165) is 6.07 Å². The summed E-state index contributed by atoms with van der Waals surface area (Å²) in [7, 11) is 0. The first-order valence-corrected chi connectivity index (χ1v) is 3.50. The number of rotatable bonds is 2. The minimum atomic E-state index is -2.94. The maximum atomic E-state index is 13.4. The molecular formula is C9H6FNO2. The summed E-state index contributed by atoms with van der Waals surface area (Å²) in [6.07, 6.45) is 0. The van der Waals surface area contributed by atoms with Crippen LogP contribution in [0.15, 0.2) is 30.3 Å². The zero-order valence-electron chi connectivity index (χ0n) is 6.57. The molecule has 1 aromatic carbocycles. The molecule has 0 bridgehead atoms. The monoisotopic (exact) mass is 179 g/mol. The van der Waals surface area contributed by atoms with Gasteiger partial charge in [-0.25, -0.2) is 9.18 Å². The van der Waals surface area contributed by atoms with Crippen LogP contribution in [0.1, 0.15) is 5.56 Å². The molecule has 0 amide bonds. The summed E-state index contributed by atoms with van der Waals surface area (Å²) >= 11 is 0. The van der Waals surface area contributed by atoms with Crippen molar-refractivity contribution in [1.29, 1.82) is 5.26 Å². The van der Waals surface area contributed by atoms with Crippen LogP contribution in [0.5, 0.6) is 0 Å². The summed E-state index contributed by atoms with van der Waals surface area (Å²) in [6.45, 7) is 0. The fourth-order valence-electron chi connectivity index (χ4n) is 0.904. The van der Waals surface area contributed by atoms with Gasteiger partial charge in [0.1, 0.15) is 6.07 Å². The standard InChI is InChI=1S/C9H6FNO2/c10-9(6-11,8(12)13)7-4-2-1-3-5-7/h1-5H,(H,12,13)/t9-/m1/s1. The van der Waals surface area contributed by atoms with Gasteiger partial charge in [0.15, 0.2) is 0 Å². The highest BCUT2D eigenvalue weighted by molar-refractivity contribution is 5.82. The van der Waals surface area contributed by atoms with E-state index < -0.39 is 11.6 Å². The Labute approximate surface area is 74.0 Å². The minimum absolute atomic E-state index is 0.162. The Balaban J connectivity index is 3.21. The first-order chi connectivity index (χ1) is 6.11. The molecule has 0 aliphatic heterocycles. The molecule has 66 valence electrons. The number of alkyl halides is 1. The van der Waals surface area contributed by atoms with Gasteiger partial charge in [0, 0.05) is 5.56 Å². The highest BCUT2D eigenvalue weighted by atomic mass is 19.1. The molecule has 1 rings (SSSR count). The molecule has 0 unspecified atom stereocenters. The Morgan fingerprint density at radius 3 is 2.38 bits per heavy atom. The normalized spacial score (nSPS) is 14.2. The van der Waals surface area contributed by atoms with E-state index in [1.54, 1.807) is 6.07 Å². The van der Waals surface area contributed by atoms with Crippen LogP contribution in [-0.4, -0.2) is 11.1 Å². The summed E-state index contributed by atoms with van der Waals surface area (Å²) < 4.78 is 13.4. The third-order valence-corrected chi connectivity index (χ3v) is 1.62. The van der Waals surface area contributed by atoms with Gasteiger partial charge in [0.05, 0.1) is 0 Å². The smallest absolute Gasteiger partial charge is 0.361 e. The number of carboxylic acids is 1. The van der Waals surface area contributed by atoms with E-state index in [-0.39, 0.29) is 5.56 Å². The molecule has 0 aliphatic rings. The Morgan fingerprint density at radius 2 is 2.00 bits per heavy atom. The zero-order valence-corrected chi connectivity index (χ0v) is 6.57. The van der Waals surface area contributed by atoms with Crippen molar-refractivity contribution in [2.24, 2.45) is 0 Å². The van der Waals surface area contributed by atoms with E-state index in [1.165, 1.54) is 24.3 Å². The number of halogens is 1. The molecule has 1 atom stereocenters. The third-order valence-electron chi connectivity index (χ3n) is 1.62. The molecule has 4 heteroatoms. The zero-order chi connectivity index (χ0) is 9.90. The van der Waals surface area contributed by atoms with Crippen LogP contribution in [0.25, 0.3) is 0 Å². The van der Waals surface area contributed by atoms with Gasteiger partial charge in [0.25, 0.3) is 0 Å². The van der Waals surface area contributed by atoms with E-state index in [0.29, 0.717) is 0 Å². The number of benzene rings is 1. The van der Waals surface area contributed by atoms with Gasteiger partial charge < -0.3 is 5.11 Å². The predicted octanol–water partition coefficient (Wildman–Crippen LogP) is 1.46. The summed E-state index contributed by atoms with van der Waals surface area (Å²) in [5.41, 5.74) is -3.11. The largest absolute Gasteiger partial charge is 0.478 e. The maximum absolute atomic E-state index is 13.4. The molecule has 1 aromatic rings. The van der Waals surface area contributed by atoms with Crippen LogP contribution < -0.4 is 0 Å². The second-order valence-corrected chi connectivity index (χ2v) is 2.44. The van der Waals surface area contributed by atoms with Crippen LogP contribution in [0.2, 0.25) is 0 Å². The summed E-state index contributed by atoms with van der Waals surface area (Å²) in [6, 6.07) is 8.22. The topological polar surface area (TPSA) is 61.1 Å². The molecule has 0 aliphatic carbocycles. The number of nitriles is 1. The number of carbonyl (C=O) groups is 1. The molecular weight excluding hydrogens is 173 g/mol. The third kappa shape index (κ3) is 1.49. The number of carboxylic acid groups (broad SMARTS) is 1. The van der Waals surface area contributed by atoms with Crippen molar-refractivity contribution in [3.05, 3.63) is 35.9 Å². The van der Waals surface area contributed by atoms with Crippen LogP contribution in [0.4, 0.5) is 4.39 Å². The van der Waals surface area contributed by atoms with Crippen LogP contribution in [0, 0.1) is 11.3 Å². The lowest BCUT2D eigenvalue weighted by Crippen LogP contribution is -2.28. The second kappa shape index (κ2) is 3.23.